The summed E-state index contributed by atoms with van der Waals surface area (Å²) in [6.07, 6.45) is -2.24. The van der Waals surface area contributed by atoms with Gasteiger partial charge in [0.15, 0.2) is 0 Å². The third-order valence-electron chi connectivity index (χ3n) is 7.32. The third-order valence-corrected chi connectivity index (χ3v) is 7.63. The molecule has 0 aliphatic carbocycles. The van der Waals surface area contributed by atoms with E-state index in [0.717, 1.165) is 10.5 Å². The van der Waals surface area contributed by atoms with Gasteiger partial charge in [-0.1, -0.05) is 12.1 Å². The number of imide groups is 5. The predicted octanol–water partition coefficient (Wildman–Crippen LogP) is 3.58. The summed E-state index contributed by atoms with van der Waals surface area (Å²) in [6.45, 7) is 4.88. The fourth-order valence-corrected chi connectivity index (χ4v) is 5.19. The molecule has 15 nitrogen and oxygen atoms in total. The number of rotatable bonds is 4. The van der Waals surface area contributed by atoms with E-state index in [0.29, 0.717) is 27.7 Å². The van der Waals surface area contributed by atoms with Crippen molar-refractivity contribution in [2.45, 2.75) is 64.0 Å². The molecule has 2 saturated heterocycles. The standard InChI is InChI=1S/C26H24ClN3O7.C6H7NO4/c1-26(2,3)37-25(36)30-20(31)11-10-19(24(30)35)29-22(33)17-9-8-16(12-18(17)23(29)34)28-21(32)15-6-4-14(13-27)5-7-15;8-4-2-1-3-7(5(4)9)6(10)11/h4-9,12,19H,10-11,13H2,1-3H3,(H,28,32);1-3H2,(H,10,11). The summed E-state index contributed by atoms with van der Waals surface area (Å²) in [5, 5.41) is 11.1. The lowest BCUT2D eigenvalue weighted by Crippen LogP contribution is -2.58. The normalized spacial score (nSPS) is 17.9. The van der Waals surface area contributed by atoms with Crippen LogP contribution in [0.1, 0.15) is 83.1 Å². The van der Waals surface area contributed by atoms with Gasteiger partial charge >= 0.3 is 12.2 Å². The molecule has 2 N–H and O–H groups in total. The number of carboxylic acid groups (broad SMARTS) is 1. The Labute approximate surface area is 278 Å². The Kier molecular flexibility index (Phi) is 10.4. The minimum absolute atomic E-state index is 0.00574. The largest absolute Gasteiger partial charge is 0.465 e. The number of likely N-dealkylation sites (tertiary alicyclic amines) is 2. The SMILES string of the molecule is CC(C)(C)OC(=O)N1C(=O)CCC(N2C(=O)c3ccc(NC(=O)c4ccc(CCl)cc4)cc3C2=O)C1=O.O=C1CCCN(C(=O)O)C1=O. The molecule has 252 valence electrons. The van der Waals surface area contributed by atoms with Gasteiger partial charge in [-0.05, 0) is 69.5 Å². The van der Waals surface area contributed by atoms with E-state index in [1.165, 1.54) is 18.2 Å². The average molecular weight is 683 g/mol. The van der Waals surface area contributed by atoms with E-state index in [4.69, 9.17) is 21.4 Å². The van der Waals surface area contributed by atoms with E-state index < -0.39 is 65.1 Å². The van der Waals surface area contributed by atoms with Gasteiger partial charge in [0.05, 0.1) is 11.1 Å². The van der Waals surface area contributed by atoms with Crippen LogP contribution in [0.4, 0.5) is 15.3 Å². The molecule has 2 aromatic rings. The molecule has 16 heteroatoms. The van der Waals surface area contributed by atoms with Crippen LogP contribution in [-0.4, -0.2) is 91.4 Å². The molecule has 8 amide bonds. The summed E-state index contributed by atoms with van der Waals surface area (Å²) in [5.74, 6) is -4.89. The second kappa shape index (κ2) is 14.1. The number of hydrogen-bond acceptors (Lipinski definition) is 10. The molecule has 3 aliphatic rings. The average Bonchev–Trinajstić information content (AvgIpc) is 3.26. The van der Waals surface area contributed by atoms with Gasteiger partial charge in [0.2, 0.25) is 11.7 Å². The number of fused-ring (bicyclic) bond motifs is 1. The van der Waals surface area contributed by atoms with Gasteiger partial charge in [0.25, 0.3) is 29.5 Å². The van der Waals surface area contributed by atoms with Gasteiger partial charge in [0, 0.05) is 36.5 Å². The van der Waals surface area contributed by atoms with Crippen LogP contribution in [0.25, 0.3) is 0 Å². The summed E-state index contributed by atoms with van der Waals surface area (Å²) in [7, 11) is 0. The molecule has 0 saturated carbocycles. The van der Waals surface area contributed by atoms with E-state index in [-0.39, 0.29) is 42.6 Å². The topological polar surface area (TPSA) is 205 Å². The Morgan fingerprint density at radius 3 is 2.15 bits per heavy atom. The number of nitrogens with one attached hydrogen (secondary N) is 1. The molecule has 2 aromatic carbocycles. The fraction of sp³-hybridized carbons (Fsp3) is 0.344. The number of carbonyl (C=O) groups is 9. The summed E-state index contributed by atoms with van der Waals surface area (Å²) in [5.41, 5.74) is 0.570. The van der Waals surface area contributed by atoms with E-state index in [9.17, 15) is 43.2 Å². The lowest BCUT2D eigenvalue weighted by molar-refractivity contribution is -0.150. The van der Waals surface area contributed by atoms with E-state index in [2.05, 4.69) is 5.32 Å². The van der Waals surface area contributed by atoms with Crippen molar-refractivity contribution in [1.29, 1.82) is 0 Å². The zero-order valence-electron chi connectivity index (χ0n) is 26.1. The Hall–Kier alpha value is -5.44. The number of ether oxygens (including phenoxy) is 1. The maximum Gasteiger partial charge on any atom is 0.424 e. The molecule has 3 aliphatic heterocycles. The Bertz CT molecular complexity index is 1730. The summed E-state index contributed by atoms with van der Waals surface area (Å²) in [4.78, 5) is 110. The van der Waals surface area contributed by atoms with Gasteiger partial charge in [-0.3, -0.25) is 38.5 Å². The van der Waals surface area contributed by atoms with E-state index in [1.54, 1.807) is 45.0 Å². The molecule has 0 aromatic heterocycles. The molecule has 2 fully saturated rings. The zero-order valence-corrected chi connectivity index (χ0v) is 26.9. The molecule has 1 atom stereocenters. The van der Waals surface area contributed by atoms with Crippen molar-refractivity contribution in [3.05, 3.63) is 64.7 Å². The number of piperidine rings is 2. The maximum atomic E-state index is 13.2. The van der Waals surface area contributed by atoms with Crippen LogP contribution in [0.2, 0.25) is 0 Å². The van der Waals surface area contributed by atoms with Crippen LogP contribution in [0, 0.1) is 0 Å². The summed E-state index contributed by atoms with van der Waals surface area (Å²) >= 11 is 5.77. The van der Waals surface area contributed by atoms with Gasteiger partial charge in [-0.2, -0.15) is 4.90 Å². The lowest BCUT2D eigenvalue weighted by atomic mass is 10.0. The Balaban J connectivity index is 0.000000401. The van der Waals surface area contributed by atoms with Crippen molar-refractivity contribution < 1.29 is 53.0 Å². The summed E-state index contributed by atoms with van der Waals surface area (Å²) < 4.78 is 5.16. The number of ketones is 1. The number of amides is 8. The highest BCUT2D eigenvalue weighted by atomic mass is 35.5. The summed E-state index contributed by atoms with van der Waals surface area (Å²) in [6, 6.07) is 9.52. The monoisotopic (exact) mass is 682 g/mol. The number of Topliss-reactive ketones (excluding diaryl/α,β-unsaturated/α-hetero) is 1. The molecular formula is C32H31ClN4O11. The fourth-order valence-electron chi connectivity index (χ4n) is 5.01. The highest BCUT2D eigenvalue weighted by Gasteiger charge is 2.49. The van der Waals surface area contributed by atoms with Crippen LogP contribution in [0.3, 0.4) is 0 Å². The van der Waals surface area contributed by atoms with E-state index >= 15 is 0 Å². The number of anilines is 1. The van der Waals surface area contributed by atoms with Crippen LogP contribution < -0.4 is 5.32 Å². The Morgan fingerprint density at radius 1 is 0.917 bits per heavy atom. The first-order valence-electron chi connectivity index (χ1n) is 14.7. The van der Waals surface area contributed by atoms with Crippen molar-refractivity contribution in [1.82, 2.24) is 14.7 Å². The number of benzene rings is 2. The highest BCUT2D eigenvalue weighted by Crippen LogP contribution is 2.31. The molecule has 3 heterocycles. The lowest BCUT2D eigenvalue weighted by Gasteiger charge is -2.34. The molecule has 0 radical (unpaired) electrons. The first-order valence-corrected chi connectivity index (χ1v) is 15.2. The molecular weight excluding hydrogens is 652 g/mol. The van der Waals surface area contributed by atoms with Crippen molar-refractivity contribution >= 4 is 70.7 Å². The number of carbonyl (C=O) groups excluding carboxylic acids is 8. The number of halogens is 1. The van der Waals surface area contributed by atoms with Gasteiger partial charge in [-0.15, -0.1) is 11.6 Å². The van der Waals surface area contributed by atoms with Crippen molar-refractivity contribution in [3.8, 4) is 0 Å². The third kappa shape index (κ3) is 7.57. The Morgan fingerprint density at radius 2 is 1.56 bits per heavy atom. The van der Waals surface area contributed by atoms with Crippen molar-refractivity contribution in [3.63, 3.8) is 0 Å². The zero-order chi connectivity index (χ0) is 35.5. The van der Waals surface area contributed by atoms with Crippen LogP contribution in [0.15, 0.2) is 42.5 Å². The van der Waals surface area contributed by atoms with Crippen LogP contribution >= 0.6 is 11.6 Å². The van der Waals surface area contributed by atoms with Crippen LogP contribution in [0.5, 0.6) is 0 Å². The van der Waals surface area contributed by atoms with Crippen molar-refractivity contribution in [2.24, 2.45) is 0 Å². The van der Waals surface area contributed by atoms with Crippen molar-refractivity contribution in [2.75, 3.05) is 11.9 Å². The van der Waals surface area contributed by atoms with Gasteiger partial charge in [-0.25, -0.2) is 14.5 Å². The maximum absolute atomic E-state index is 13.2. The van der Waals surface area contributed by atoms with Crippen LogP contribution in [-0.2, 0) is 29.8 Å². The smallest absolute Gasteiger partial charge is 0.424 e. The molecule has 5 rings (SSSR count). The minimum atomic E-state index is -1.35. The minimum Gasteiger partial charge on any atom is -0.465 e. The predicted molar refractivity (Wildman–Crippen MR) is 166 cm³/mol. The van der Waals surface area contributed by atoms with Gasteiger partial charge < -0.3 is 15.2 Å². The van der Waals surface area contributed by atoms with E-state index in [1.807, 2.05) is 0 Å². The van der Waals surface area contributed by atoms with Gasteiger partial charge in [0.1, 0.15) is 11.6 Å². The first-order chi connectivity index (χ1) is 22.5. The quantitative estimate of drug-likeness (QED) is 0.271. The first kappa shape index (κ1) is 35.4. The highest BCUT2D eigenvalue weighted by molar-refractivity contribution is 6.38. The molecule has 48 heavy (non-hydrogen) atoms. The second-order valence-corrected chi connectivity index (χ2v) is 12.2. The molecule has 1 unspecified atom stereocenters. The number of hydrogen-bond donors (Lipinski definition) is 2. The molecule has 0 spiro atoms. The number of alkyl halides is 1. The second-order valence-electron chi connectivity index (χ2n) is 11.9. The molecule has 0 bridgehead atoms. The number of nitrogens with zero attached hydrogens (tertiary/aromatic N) is 3.